The highest BCUT2D eigenvalue weighted by Crippen LogP contribution is 1.99. The van der Waals surface area contributed by atoms with Gasteiger partial charge in [0, 0.05) is 12.6 Å². The van der Waals surface area contributed by atoms with Gasteiger partial charge in [0.15, 0.2) is 0 Å². The third-order valence-corrected chi connectivity index (χ3v) is 2.57. The lowest BCUT2D eigenvalue weighted by atomic mass is 10.1. The maximum absolute atomic E-state index is 11.7. The van der Waals surface area contributed by atoms with Gasteiger partial charge in [-0.05, 0) is 12.8 Å². The number of hydrogen-bond donors (Lipinski definition) is 2. The Kier molecular flexibility index (Phi) is 7.74. The molecule has 2 N–H and O–H groups in total. The lowest BCUT2D eigenvalue weighted by Gasteiger charge is -2.25. The van der Waals surface area contributed by atoms with E-state index in [-0.39, 0.29) is 24.4 Å². The smallest absolute Gasteiger partial charge is 0.239 e. The molecule has 0 aromatic heterocycles. The molecular formula is C10H21ClN2O2. The lowest BCUT2D eigenvalue weighted by molar-refractivity contribution is -0.126. The fourth-order valence-corrected chi connectivity index (χ4v) is 1.53. The quantitative estimate of drug-likeness (QED) is 0.756. The first kappa shape index (κ1) is 14.7. The molecule has 15 heavy (non-hydrogen) atoms. The van der Waals surface area contributed by atoms with Gasteiger partial charge in [-0.1, -0.05) is 13.8 Å². The second-order valence-corrected chi connectivity index (χ2v) is 3.60. The van der Waals surface area contributed by atoms with Crippen LogP contribution in [0.15, 0.2) is 0 Å². The minimum atomic E-state index is -0.163. The molecule has 0 aromatic carbocycles. The zero-order chi connectivity index (χ0) is 10.4. The standard InChI is InChI=1S/C10H20N2O2.ClH/c1-3-8(4-2)12-10(13)9-7-14-6-5-11-9;/h8-9,11H,3-7H2,1-2H3,(H,12,13);1H. The number of carbonyl (C=O) groups excluding carboxylic acids is 1. The van der Waals surface area contributed by atoms with Gasteiger partial charge in [0.2, 0.25) is 5.91 Å². The molecule has 0 radical (unpaired) electrons. The van der Waals surface area contributed by atoms with E-state index >= 15 is 0 Å². The minimum Gasteiger partial charge on any atom is -0.378 e. The van der Waals surface area contributed by atoms with E-state index in [0.717, 1.165) is 19.4 Å². The summed E-state index contributed by atoms with van der Waals surface area (Å²) >= 11 is 0. The van der Waals surface area contributed by atoms with Crippen LogP contribution in [-0.4, -0.2) is 37.7 Å². The van der Waals surface area contributed by atoms with Crippen molar-refractivity contribution in [3.63, 3.8) is 0 Å². The van der Waals surface area contributed by atoms with Crippen molar-refractivity contribution in [3.8, 4) is 0 Å². The average molecular weight is 237 g/mol. The number of hydrogen-bond acceptors (Lipinski definition) is 3. The Hall–Kier alpha value is -0.320. The van der Waals surface area contributed by atoms with Gasteiger partial charge in [0.1, 0.15) is 6.04 Å². The Morgan fingerprint density at radius 3 is 2.67 bits per heavy atom. The summed E-state index contributed by atoms with van der Waals surface area (Å²) in [4.78, 5) is 11.7. The number of halogens is 1. The summed E-state index contributed by atoms with van der Waals surface area (Å²) in [6, 6.07) is 0.135. The number of rotatable bonds is 4. The van der Waals surface area contributed by atoms with Gasteiger partial charge in [0.05, 0.1) is 13.2 Å². The minimum absolute atomic E-state index is 0. The number of ether oxygens (including phenoxy) is 1. The Morgan fingerprint density at radius 1 is 1.53 bits per heavy atom. The number of amides is 1. The van der Waals surface area contributed by atoms with Crippen LogP contribution in [-0.2, 0) is 9.53 Å². The molecular weight excluding hydrogens is 216 g/mol. The molecule has 1 aliphatic rings. The Morgan fingerprint density at radius 2 is 2.20 bits per heavy atom. The Balaban J connectivity index is 0.00000196. The molecule has 1 saturated heterocycles. The molecule has 1 heterocycles. The topological polar surface area (TPSA) is 50.4 Å². The molecule has 0 bridgehead atoms. The van der Waals surface area contributed by atoms with Crippen molar-refractivity contribution < 1.29 is 9.53 Å². The molecule has 1 unspecified atom stereocenters. The Bertz CT molecular complexity index is 180. The predicted molar refractivity (Wildman–Crippen MR) is 62.4 cm³/mol. The average Bonchev–Trinajstić information content (AvgIpc) is 2.26. The summed E-state index contributed by atoms with van der Waals surface area (Å²) in [7, 11) is 0. The maximum Gasteiger partial charge on any atom is 0.239 e. The van der Waals surface area contributed by atoms with Crippen LogP contribution in [0, 0.1) is 0 Å². The molecule has 0 aliphatic carbocycles. The summed E-state index contributed by atoms with van der Waals surface area (Å²) < 4.78 is 5.23. The van der Waals surface area contributed by atoms with Gasteiger partial charge in [-0.3, -0.25) is 4.79 Å². The van der Waals surface area contributed by atoms with Gasteiger partial charge in [-0.15, -0.1) is 12.4 Å². The fourth-order valence-electron chi connectivity index (χ4n) is 1.53. The summed E-state index contributed by atoms with van der Waals surface area (Å²) in [5.74, 6) is 0.0680. The summed E-state index contributed by atoms with van der Waals surface area (Å²) in [6.45, 7) is 6.13. The van der Waals surface area contributed by atoms with Crippen LogP contribution in [0.2, 0.25) is 0 Å². The van der Waals surface area contributed by atoms with Crippen LogP contribution in [0.1, 0.15) is 26.7 Å². The van der Waals surface area contributed by atoms with Crippen LogP contribution in [0.25, 0.3) is 0 Å². The molecule has 1 fully saturated rings. The third kappa shape index (κ3) is 4.82. The first-order chi connectivity index (χ1) is 6.77. The first-order valence-electron chi connectivity index (χ1n) is 5.39. The summed E-state index contributed by atoms with van der Waals surface area (Å²) in [6.07, 6.45) is 1.96. The predicted octanol–water partition coefficient (Wildman–Crippen LogP) is 0.701. The molecule has 0 aromatic rings. The fraction of sp³-hybridized carbons (Fsp3) is 0.900. The maximum atomic E-state index is 11.7. The van der Waals surface area contributed by atoms with Crippen molar-refractivity contribution in [3.05, 3.63) is 0 Å². The molecule has 0 spiro atoms. The lowest BCUT2D eigenvalue weighted by Crippen LogP contribution is -2.53. The van der Waals surface area contributed by atoms with Gasteiger partial charge in [-0.2, -0.15) is 0 Å². The van der Waals surface area contributed by atoms with Crippen molar-refractivity contribution in [2.24, 2.45) is 0 Å². The Labute approximate surface area is 97.5 Å². The SMILES string of the molecule is CCC(CC)NC(=O)C1COCCN1.Cl. The number of morpholine rings is 1. The zero-order valence-corrected chi connectivity index (χ0v) is 10.2. The highest BCUT2D eigenvalue weighted by Gasteiger charge is 2.22. The number of nitrogens with one attached hydrogen (secondary N) is 2. The van der Waals surface area contributed by atoms with Gasteiger partial charge in [-0.25, -0.2) is 0 Å². The second kappa shape index (κ2) is 7.91. The van der Waals surface area contributed by atoms with Crippen molar-refractivity contribution in [1.29, 1.82) is 0 Å². The van der Waals surface area contributed by atoms with E-state index in [4.69, 9.17) is 4.74 Å². The largest absolute Gasteiger partial charge is 0.378 e. The highest BCUT2D eigenvalue weighted by molar-refractivity contribution is 5.85. The van der Waals surface area contributed by atoms with Crippen molar-refractivity contribution >= 4 is 18.3 Å². The molecule has 4 nitrogen and oxygen atoms in total. The van der Waals surface area contributed by atoms with Crippen LogP contribution in [0.4, 0.5) is 0 Å². The van der Waals surface area contributed by atoms with Crippen molar-refractivity contribution in [2.75, 3.05) is 19.8 Å². The summed E-state index contributed by atoms with van der Waals surface area (Å²) in [5.41, 5.74) is 0. The van der Waals surface area contributed by atoms with Crippen LogP contribution in [0.5, 0.6) is 0 Å². The normalized spacial score (nSPS) is 20.9. The molecule has 5 heteroatoms. The molecule has 1 aliphatic heterocycles. The molecule has 1 amide bonds. The van der Waals surface area contributed by atoms with Crippen LogP contribution >= 0.6 is 12.4 Å². The zero-order valence-electron chi connectivity index (χ0n) is 9.41. The molecule has 0 saturated carbocycles. The number of carbonyl (C=O) groups is 1. The second-order valence-electron chi connectivity index (χ2n) is 3.60. The highest BCUT2D eigenvalue weighted by atomic mass is 35.5. The van der Waals surface area contributed by atoms with Crippen LogP contribution in [0.3, 0.4) is 0 Å². The summed E-state index contributed by atoms with van der Waals surface area (Å²) in [5, 5.41) is 6.14. The molecule has 1 atom stereocenters. The first-order valence-corrected chi connectivity index (χ1v) is 5.39. The van der Waals surface area contributed by atoms with Gasteiger partial charge < -0.3 is 15.4 Å². The van der Waals surface area contributed by atoms with E-state index in [1.54, 1.807) is 0 Å². The molecule has 1 rings (SSSR count). The van der Waals surface area contributed by atoms with Crippen LogP contribution < -0.4 is 10.6 Å². The van der Waals surface area contributed by atoms with E-state index < -0.39 is 0 Å². The van der Waals surface area contributed by atoms with E-state index in [9.17, 15) is 4.79 Å². The van der Waals surface area contributed by atoms with Crippen molar-refractivity contribution in [2.45, 2.75) is 38.8 Å². The third-order valence-electron chi connectivity index (χ3n) is 2.57. The van der Waals surface area contributed by atoms with Crippen molar-refractivity contribution in [1.82, 2.24) is 10.6 Å². The van der Waals surface area contributed by atoms with E-state index in [0.29, 0.717) is 19.3 Å². The van der Waals surface area contributed by atoms with E-state index in [1.165, 1.54) is 0 Å². The molecule has 90 valence electrons. The monoisotopic (exact) mass is 236 g/mol. The van der Waals surface area contributed by atoms with E-state index in [2.05, 4.69) is 24.5 Å². The van der Waals surface area contributed by atoms with E-state index in [1.807, 2.05) is 0 Å². The van der Waals surface area contributed by atoms with Gasteiger partial charge in [0.25, 0.3) is 0 Å². The van der Waals surface area contributed by atoms with Gasteiger partial charge >= 0.3 is 0 Å².